The summed E-state index contributed by atoms with van der Waals surface area (Å²) in [5, 5.41) is 17.5. The van der Waals surface area contributed by atoms with Gasteiger partial charge in [-0.25, -0.2) is 0 Å². The van der Waals surface area contributed by atoms with E-state index >= 15 is 0 Å². The van der Waals surface area contributed by atoms with E-state index in [0.717, 1.165) is 49.7 Å². The molecule has 1 saturated carbocycles. The molecule has 0 heterocycles. The van der Waals surface area contributed by atoms with E-state index in [1.54, 1.807) is 6.08 Å². The second kappa shape index (κ2) is 13.5. The summed E-state index contributed by atoms with van der Waals surface area (Å²) in [7, 11) is 0. The van der Waals surface area contributed by atoms with Gasteiger partial charge >= 0.3 is 0 Å². The first kappa shape index (κ1) is 27.1. The number of allylic oxidation sites excluding steroid dienone is 5. The van der Waals surface area contributed by atoms with Crippen LogP contribution >= 0.6 is 0 Å². The van der Waals surface area contributed by atoms with Crippen LogP contribution in [-0.2, 0) is 4.74 Å². The first-order valence-electron chi connectivity index (χ1n) is 12.2. The molecular formula is C28H41N3O3. The molecule has 0 saturated heterocycles. The quantitative estimate of drug-likeness (QED) is 0.0780. The molecule has 186 valence electrons. The molecule has 0 amide bonds. The van der Waals surface area contributed by atoms with Crippen LogP contribution in [-0.4, -0.2) is 23.7 Å². The van der Waals surface area contributed by atoms with Gasteiger partial charge in [0.05, 0.1) is 24.0 Å². The van der Waals surface area contributed by atoms with Gasteiger partial charge in [-0.3, -0.25) is 5.41 Å². The Labute approximate surface area is 204 Å². The van der Waals surface area contributed by atoms with Crippen LogP contribution in [0.25, 0.3) is 0 Å². The summed E-state index contributed by atoms with van der Waals surface area (Å²) < 4.78 is 12.1. The lowest BCUT2D eigenvalue weighted by Gasteiger charge is -2.21. The van der Waals surface area contributed by atoms with E-state index in [-0.39, 0.29) is 23.6 Å². The Morgan fingerprint density at radius 2 is 2.03 bits per heavy atom. The van der Waals surface area contributed by atoms with Gasteiger partial charge in [-0.15, -0.1) is 0 Å². The Morgan fingerprint density at radius 1 is 1.29 bits per heavy atom. The summed E-state index contributed by atoms with van der Waals surface area (Å²) >= 11 is 0. The third-order valence-electron chi connectivity index (χ3n) is 5.96. The van der Waals surface area contributed by atoms with Crippen LogP contribution in [0.1, 0.15) is 63.0 Å². The molecule has 1 fully saturated rings. The van der Waals surface area contributed by atoms with Crippen LogP contribution < -0.4 is 16.2 Å². The minimum atomic E-state index is 0.00384. The highest BCUT2D eigenvalue weighted by molar-refractivity contribution is 5.97. The van der Waals surface area contributed by atoms with Gasteiger partial charge in [-0.1, -0.05) is 44.7 Å². The zero-order chi connectivity index (χ0) is 25.1. The number of amidine groups is 1. The van der Waals surface area contributed by atoms with E-state index in [0.29, 0.717) is 36.1 Å². The van der Waals surface area contributed by atoms with Crippen LogP contribution in [0.4, 0.5) is 0 Å². The molecule has 0 aromatic heterocycles. The van der Waals surface area contributed by atoms with Crippen molar-refractivity contribution in [3.05, 3.63) is 77.9 Å². The maximum atomic E-state index is 9.73. The molecule has 1 aromatic carbocycles. The Balaban J connectivity index is 1.95. The molecular weight excluding hydrogens is 426 g/mol. The van der Waals surface area contributed by atoms with Crippen molar-refractivity contribution in [2.75, 3.05) is 6.61 Å². The number of nitrogens with two attached hydrogens (primary N) is 2. The fraction of sp³-hybridized carbons (Fsp3) is 0.464. The molecule has 1 aliphatic rings. The number of hydrogen-bond donors (Lipinski definition) is 4. The van der Waals surface area contributed by atoms with E-state index in [1.807, 2.05) is 37.3 Å². The molecule has 2 rings (SSSR count). The average Bonchev–Trinajstić information content (AvgIpc) is 3.60. The zero-order valence-corrected chi connectivity index (χ0v) is 20.7. The van der Waals surface area contributed by atoms with Gasteiger partial charge in [0.1, 0.15) is 11.6 Å². The number of benzene rings is 1. The van der Waals surface area contributed by atoms with Crippen molar-refractivity contribution in [2.24, 2.45) is 23.3 Å². The van der Waals surface area contributed by atoms with Crippen LogP contribution in [0.2, 0.25) is 0 Å². The van der Waals surface area contributed by atoms with Crippen molar-refractivity contribution in [3.8, 4) is 5.75 Å². The number of ether oxygens (including phenoxy) is 2. The molecule has 0 radical (unpaired) electrons. The highest BCUT2D eigenvalue weighted by Gasteiger charge is 2.33. The average molecular weight is 468 g/mol. The van der Waals surface area contributed by atoms with Crippen molar-refractivity contribution in [1.82, 2.24) is 0 Å². The Morgan fingerprint density at radius 3 is 2.62 bits per heavy atom. The molecule has 1 unspecified atom stereocenters. The normalized spacial score (nSPS) is 15.9. The highest BCUT2D eigenvalue weighted by Crippen LogP contribution is 2.43. The maximum Gasteiger partial charge on any atom is 0.184 e. The fourth-order valence-corrected chi connectivity index (χ4v) is 4.14. The molecule has 2 atom stereocenters. The smallest absolute Gasteiger partial charge is 0.184 e. The van der Waals surface area contributed by atoms with Crippen LogP contribution in [0.3, 0.4) is 0 Å². The first-order valence-corrected chi connectivity index (χ1v) is 12.2. The summed E-state index contributed by atoms with van der Waals surface area (Å²) in [6.45, 7) is 12.1. The van der Waals surface area contributed by atoms with Gasteiger partial charge < -0.3 is 26.0 Å². The van der Waals surface area contributed by atoms with Crippen LogP contribution in [0.5, 0.6) is 5.75 Å². The molecule has 1 aromatic rings. The lowest BCUT2D eigenvalue weighted by molar-refractivity contribution is 0.148. The lowest BCUT2D eigenvalue weighted by atomic mass is 9.89. The molecule has 34 heavy (non-hydrogen) atoms. The molecule has 1 aliphatic carbocycles. The molecule has 0 aliphatic heterocycles. The molecule has 6 heteroatoms. The summed E-state index contributed by atoms with van der Waals surface area (Å²) in [4.78, 5) is 0. The number of aliphatic hydroxyl groups excluding tert-OH is 1. The Kier molecular flexibility index (Phi) is 10.8. The van der Waals surface area contributed by atoms with Crippen molar-refractivity contribution in [1.29, 1.82) is 5.41 Å². The number of aryl methyl sites for hydroxylation is 1. The second-order valence-corrected chi connectivity index (χ2v) is 9.10. The highest BCUT2D eigenvalue weighted by atomic mass is 16.5. The van der Waals surface area contributed by atoms with Crippen LogP contribution in [0.15, 0.2) is 66.8 Å². The number of rotatable bonds is 16. The summed E-state index contributed by atoms with van der Waals surface area (Å²) in [6.07, 6.45) is 11.8. The van der Waals surface area contributed by atoms with Crippen LogP contribution in [0, 0.1) is 24.2 Å². The van der Waals surface area contributed by atoms with Gasteiger partial charge in [-0.05, 0) is 74.1 Å². The number of nitrogen functional groups attached to an aromatic ring is 1. The molecule has 6 N–H and O–H groups in total. The van der Waals surface area contributed by atoms with Gasteiger partial charge in [0, 0.05) is 12.5 Å². The van der Waals surface area contributed by atoms with Crippen molar-refractivity contribution >= 4 is 5.84 Å². The van der Waals surface area contributed by atoms with Gasteiger partial charge in [0.2, 0.25) is 0 Å². The first-order chi connectivity index (χ1) is 16.2. The zero-order valence-electron chi connectivity index (χ0n) is 20.7. The van der Waals surface area contributed by atoms with Gasteiger partial charge in [0.25, 0.3) is 0 Å². The van der Waals surface area contributed by atoms with Gasteiger partial charge in [0.15, 0.2) is 5.88 Å². The third kappa shape index (κ3) is 9.00. The Hall–Kier alpha value is -3.15. The lowest BCUT2D eigenvalue weighted by Crippen LogP contribution is -2.20. The predicted octanol–water partition coefficient (Wildman–Crippen LogP) is 6.02. The van der Waals surface area contributed by atoms with E-state index in [9.17, 15) is 5.11 Å². The van der Waals surface area contributed by atoms with E-state index in [2.05, 4.69) is 20.1 Å². The third-order valence-corrected chi connectivity index (χ3v) is 5.96. The standard InChI is InChI=1S/C28H41N3O3/c1-5-8-22(25(17-20(4)32)21-12-13-21)18-27(29)33-15-7-10-23(9-6-2)34-26-16-19(3)11-14-24(26)28(30)31/h5,8,11,14,16,18,21,23,25,32H,1,4,6-7,9-10,12-13,15,17,29H2,2-3H3,(H3,30,31)/b22-8+,27-18+/t23-,25?/m1/s1. The number of aliphatic hydroxyl groups is 1. The summed E-state index contributed by atoms with van der Waals surface area (Å²) in [5.74, 6) is 1.90. The SMILES string of the molecule is C=C/C=C(\C=C(/N)OCCC[C@@H](CCC)Oc1cc(C)ccc1C(=N)N)C(CC(=C)O)C1CC1. The van der Waals surface area contributed by atoms with Crippen molar-refractivity contribution in [3.63, 3.8) is 0 Å². The van der Waals surface area contributed by atoms with Gasteiger partial charge in [-0.2, -0.15) is 0 Å². The number of nitrogens with one attached hydrogen (secondary N) is 1. The largest absolute Gasteiger partial charge is 0.513 e. The second-order valence-electron chi connectivity index (χ2n) is 9.10. The van der Waals surface area contributed by atoms with Crippen molar-refractivity contribution in [2.45, 2.75) is 64.9 Å². The molecule has 6 nitrogen and oxygen atoms in total. The minimum Gasteiger partial charge on any atom is -0.513 e. The summed E-state index contributed by atoms with van der Waals surface area (Å²) in [5.41, 5.74) is 14.6. The topological polar surface area (TPSA) is 115 Å². The monoisotopic (exact) mass is 467 g/mol. The van der Waals surface area contributed by atoms with E-state index < -0.39 is 0 Å². The number of hydrogen-bond acceptors (Lipinski definition) is 5. The Bertz CT molecular complexity index is 915. The minimum absolute atomic E-state index is 0.00384. The fourth-order valence-electron chi connectivity index (χ4n) is 4.14. The predicted molar refractivity (Wildman–Crippen MR) is 140 cm³/mol. The molecule has 0 bridgehead atoms. The van der Waals surface area contributed by atoms with E-state index in [1.165, 1.54) is 0 Å². The molecule has 0 spiro atoms. The maximum absolute atomic E-state index is 9.73. The van der Waals surface area contributed by atoms with Crippen molar-refractivity contribution < 1.29 is 14.6 Å². The summed E-state index contributed by atoms with van der Waals surface area (Å²) in [6, 6.07) is 5.70. The van der Waals surface area contributed by atoms with E-state index in [4.69, 9.17) is 26.4 Å².